The van der Waals surface area contributed by atoms with Crippen molar-refractivity contribution in [2.45, 2.75) is 251 Å². The molecule has 1 unspecified atom stereocenters. The van der Waals surface area contributed by atoms with E-state index in [-0.39, 0.29) is 25.2 Å². The Morgan fingerprint density at radius 2 is 0.694 bits per heavy atom. The summed E-state index contributed by atoms with van der Waals surface area (Å²) in [7, 11) is 0. The van der Waals surface area contributed by atoms with Gasteiger partial charge in [-0.1, -0.05) is 247 Å². The lowest BCUT2D eigenvalue weighted by Crippen LogP contribution is -2.28. The molecule has 0 radical (unpaired) electrons. The molecular weight excluding hydrogens is 765 g/mol. The highest BCUT2D eigenvalue weighted by atomic mass is 16.6. The Hall–Kier alpha value is -2.92. The highest BCUT2D eigenvalue weighted by Gasteiger charge is 2.16. The van der Waals surface area contributed by atoms with Gasteiger partial charge < -0.3 is 14.6 Å². The second-order valence-corrected chi connectivity index (χ2v) is 17.2. The zero-order chi connectivity index (χ0) is 44.9. The van der Waals surface area contributed by atoms with Crippen molar-refractivity contribution in [1.82, 2.24) is 0 Å². The van der Waals surface area contributed by atoms with Crippen LogP contribution in [0, 0.1) is 0 Å². The predicted octanol–water partition coefficient (Wildman–Crippen LogP) is 17.4. The molecule has 0 fully saturated rings. The van der Waals surface area contributed by atoms with Crippen LogP contribution >= 0.6 is 0 Å². The zero-order valence-electron chi connectivity index (χ0n) is 40.6. The second kappa shape index (κ2) is 52.4. The maximum absolute atomic E-state index is 12.2. The summed E-state index contributed by atoms with van der Waals surface area (Å²) >= 11 is 0. The summed E-state index contributed by atoms with van der Waals surface area (Å²) in [5, 5.41) is 9.54. The quantitative estimate of drug-likeness (QED) is 0.0375. The Labute approximate surface area is 384 Å². The SMILES string of the molecule is CC/C=C\C/C=C\C/C=C\C/C=C\C/C=C\C/C=C\C/C=C\CCCCCCCCCCCCCCCCCCCCCC(=O)OC(CO)COC(=O)CCCCCCCCC. The standard InChI is InChI=1S/C57H98O5/c1-3-5-7-9-11-12-13-14-15-16-17-18-19-20-21-22-23-24-25-26-27-28-29-30-31-32-33-34-35-36-37-38-39-40-41-42-43-44-46-48-50-52-57(60)62-55(53-58)54-61-56(59)51-49-47-45-10-8-6-4-2/h5,7,11-12,14-15,17-18,20-21,23-24,26-27,55,58H,3-4,6,8-10,13,16,19,22,25,28-54H2,1-2H3/b7-5-,12-11-,15-14-,18-17-,21-20-,24-23-,27-26-. The molecule has 356 valence electrons. The number of aliphatic hydroxyl groups is 1. The molecule has 0 aliphatic carbocycles. The fourth-order valence-corrected chi connectivity index (χ4v) is 7.30. The topological polar surface area (TPSA) is 72.8 Å². The van der Waals surface area contributed by atoms with Crippen LogP contribution in [-0.4, -0.2) is 36.4 Å². The summed E-state index contributed by atoms with van der Waals surface area (Å²) in [4.78, 5) is 24.2. The Morgan fingerprint density at radius 3 is 1.05 bits per heavy atom. The average Bonchev–Trinajstić information content (AvgIpc) is 3.28. The summed E-state index contributed by atoms with van der Waals surface area (Å²) in [6.07, 6.45) is 73.0. The van der Waals surface area contributed by atoms with Crippen LogP contribution in [0.25, 0.3) is 0 Å². The molecule has 0 amide bonds. The number of aliphatic hydroxyl groups excluding tert-OH is 1. The van der Waals surface area contributed by atoms with Crippen molar-refractivity contribution in [3.05, 3.63) is 85.1 Å². The van der Waals surface area contributed by atoms with Crippen LogP contribution in [0.5, 0.6) is 0 Å². The third-order valence-corrected chi connectivity index (χ3v) is 11.2. The zero-order valence-corrected chi connectivity index (χ0v) is 40.6. The van der Waals surface area contributed by atoms with Gasteiger partial charge in [-0.05, 0) is 70.6 Å². The first kappa shape index (κ1) is 59.1. The first-order chi connectivity index (χ1) is 30.6. The minimum Gasteiger partial charge on any atom is -0.462 e. The van der Waals surface area contributed by atoms with Crippen LogP contribution in [0.3, 0.4) is 0 Å². The number of rotatable bonds is 47. The van der Waals surface area contributed by atoms with E-state index in [2.05, 4.69) is 98.9 Å². The Balaban J connectivity index is 3.42. The van der Waals surface area contributed by atoms with Crippen molar-refractivity contribution in [3.63, 3.8) is 0 Å². The first-order valence-corrected chi connectivity index (χ1v) is 26.1. The maximum atomic E-state index is 12.2. The lowest BCUT2D eigenvalue weighted by atomic mass is 10.0. The average molecular weight is 863 g/mol. The number of esters is 2. The van der Waals surface area contributed by atoms with Gasteiger partial charge in [0, 0.05) is 12.8 Å². The number of unbranched alkanes of at least 4 members (excludes halogenated alkanes) is 25. The second-order valence-electron chi connectivity index (χ2n) is 17.2. The molecule has 1 N–H and O–H groups in total. The smallest absolute Gasteiger partial charge is 0.306 e. The monoisotopic (exact) mass is 863 g/mol. The lowest BCUT2D eigenvalue weighted by molar-refractivity contribution is -0.161. The molecule has 0 rings (SSSR count). The fraction of sp³-hybridized carbons (Fsp3) is 0.719. The number of hydrogen-bond donors (Lipinski definition) is 1. The van der Waals surface area contributed by atoms with Gasteiger partial charge in [-0.15, -0.1) is 0 Å². The summed E-state index contributed by atoms with van der Waals surface area (Å²) < 4.78 is 10.6. The minimum absolute atomic E-state index is 0.0643. The van der Waals surface area contributed by atoms with Gasteiger partial charge in [-0.3, -0.25) is 9.59 Å². The van der Waals surface area contributed by atoms with Crippen molar-refractivity contribution < 1.29 is 24.2 Å². The number of carbonyl (C=O) groups is 2. The van der Waals surface area contributed by atoms with Crippen molar-refractivity contribution in [2.24, 2.45) is 0 Å². The molecule has 0 aromatic carbocycles. The number of hydrogen-bond acceptors (Lipinski definition) is 5. The molecular formula is C57H98O5. The van der Waals surface area contributed by atoms with Crippen molar-refractivity contribution in [3.8, 4) is 0 Å². The van der Waals surface area contributed by atoms with Crippen LogP contribution in [0.4, 0.5) is 0 Å². The molecule has 0 heterocycles. The van der Waals surface area contributed by atoms with Gasteiger partial charge in [0.25, 0.3) is 0 Å². The fourth-order valence-electron chi connectivity index (χ4n) is 7.30. The van der Waals surface area contributed by atoms with Crippen molar-refractivity contribution in [2.75, 3.05) is 13.2 Å². The molecule has 0 aliphatic rings. The van der Waals surface area contributed by atoms with Gasteiger partial charge in [0.15, 0.2) is 6.10 Å². The van der Waals surface area contributed by atoms with Crippen LogP contribution in [-0.2, 0) is 19.1 Å². The van der Waals surface area contributed by atoms with E-state index in [1.165, 1.54) is 135 Å². The summed E-state index contributed by atoms with van der Waals surface area (Å²) in [5.41, 5.74) is 0. The van der Waals surface area contributed by atoms with E-state index in [1.807, 2.05) is 0 Å². The van der Waals surface area contributed by atoms with E-state index in [0.29, 0.717) is 12.8 Å². The van der Waals surface area contributed by atoms with E-state index in [4.69, 9.17) is 9.47 Å². The van der Waals surface area contributed by atoms with E-state index in [1.54, 1.807) is 0 Å². The molecule has 0 saturated carbocycles. The molecule has 0 saturated heterocycles. The van der Waals surface area contributed by atoms with E-state index in [9.17, 15) is 14.7 Å². The predicted molar refractivity (Wildman–Crippen MR) is 269 cm³/mol. The van der Waals surface area contributed by atoms with Gasteiger partial charge in [0.2, 0.25) is 0 Å². The normalized spacial score (nSPS) is 12.9. The van der Waals surface area contributed by atoms with Crippen LogP contribution in [0.1, 0.15) is 245 Å². The maximum Gasteiger partial charge on any atom is 0.306 e. The van der Waals surface area contributed by atoms with Crippen LogP contribution < -0.4 is 0 Å². The van der Waals surface area contributed by atoms with Gasteiger partial charge in [-0.25, -0.2) is 0 Å². The Kier molecular flexibility index (Phi) is 50.0. The molecule has 1 atom stereocenters. The Bertz CT molecular complexity index is 1160. The summed E-state index contributed by atoms with van der Waals surface area (Å²) in [5.74, 6) is -0.592. The minimum atomic E-state index is -0.768. The molecule has 5 heteroatoms. The van der Waals surface area contributed by atoms with Gasteiger partial charge in [-0.2, -0.15) is 0 Å². The summed E-state index contributed by atoms with van der Waals surface area (Å²) in [6, 6.07) is 0. The van der Waals surface area contributed by atoms with Gasteiger partial charge >= 0.3 is 11.9 Å². The van der Waals surface area contributed by atoms with Gasteiger partial charge in [0.1, 0.15) is 6.61 Å². The van der Waals surface area contributed by atoms with Crippen LogP contribution in [0.2, 0.25) is 0 Å². The molecule has 62 heavy (non-hydrogen) atoms. The number of ether oxygens (including phenoxy) is 2. The highest BCUT2D eigenvalue weighted by Crippen LogP contribution is 2.16. The van der Waals surface area contributed by atoms with E-state index in [0.717, 1.165) is 83.5 Å². The third-order valence-electron chi connectivity index (χ3n) is 11.2. The molecule has 0 aromatic heterocycles. The Morgan fingerprint density at radius 1 is 0.387 bits per heavy atom. The largest absolute Gasteiger partial charge is 0.462 e. The number of carbonyl (C=O) groups excluding carboxylic acids is 2. The van der Waals surface area contributed by atoms with Crippen molar-refractivity contribution in [1.29, 1.82) is 0 Å². The molecule has 0 bridgehead atoms. The molecule has 0 aliphatic heterocycles. The molecule has 0 spiro atoms. The molecule has 0 aromatic rings. The highest BCUT2D eigenvalue weighted by molar-refractivity contribution is 5.70. The lowest BCUT2D eigenvalue weighted by Gasteiger charge is -2.15. The number of allylic oxidation sites excluding steroid dienone is 14. The van der Waals surface area contributed by atoms with Crippen LogP contribution in [0.15, 0.2) is 85.1 Å². The third kappa shape index (κ3) is 49.7. The van der Waals surface area contributed by atoms with E-state index < -0.39 is 6.10 Å². The molecule has 5 nitrogen and oxygen atoms in total. The van der Waals surface area contributed by atoms with E-state index >= 15 is 0 Å². The summed E-state index contributed by atoms with van der Waals surface area (Å²) in [6.45, 7) is 3.98. The van der Waals surface area contributed by atoms with Crippen molar-refractivity contribution >= 4 is 11.9 Å². The van der Waals surface area contributed by atoms with Gasteiger partial charge in [0.05, 0.1) is 6.61 Å². The first-order valence-electron chi connectivity index (χ1n) is 26.1.